The van der Waals surface area contributed by atoms with Crippen LogP contribution in [0, 0.1) is 0 Å². The highest BCUT2D eigenvalue weighted by Crippen LogP contribution is 2.11. The van der Waals surface area contributed by atoms with Crippen LogP contribution in [0.1, 0.15) is 5.56 Å². The molecule has 6 nitrogen and oxygen atoms in total. The third-order valence-corrected chi connectivity index (χ3v) is 2.23. The summed E-state index contributed by atoms with van der Waals surface area (Å²) >= 11 is 0. The molecule has 2 N–H and O–H groups in total. The molecule has 0 saturated heterocycles. The second-order valence-corrected chi connectivity index (χ2v) is 3.86. The van der Waals surface area contributed by atoms with E-state index in [2.05, 4.69) is 5.32 Å². The van der Waals surface area contributed by atoms with Crippen LogP contribution in [0.5, 0.6) is 0 Å². The van der Waals surface area contributed by atoms with Crippen molar-refractivity contribution in [2.45, 2.75) is 6.42 Å². The van der Waals surface area contributed by atoms with Gasteiger partial charge in [0.2, 0.25) is 5.91 Å². The van der Waals surface area contributed by atoms with Gasteiger partial charge in [0.1, 0.15) is 6.61 Å². The molecule has 0 aliphatic heterocycles. The summed E-state index contributed by atoms with van der Waals surface area (Å²) in [5.41, 5.74) is 1.18. The lowest BCUT2D eigenvalue weighted by molar-refractivity contribution is -0.136. The molecule has 0 heterocycles. The summed E-state index contributed by atoms with van der Waals surface area (Å²) < 4.78 is 9.85. The maximum atomic E-state index is 11.5. The van der Waals surface area contributed by atoms with Crippen LogP contribution < -0.4 is 5.32 Å². The van der Waals surface area contributed by atoms with Crippen molar-refractivity contribution in [1.29, 1.82) is 0 Å². The zero-order chi connectivity index (χ0) is 14.1. The first-order chi connectivity index (χ1) is 9.11. The Morgan fingerprint density at radius 1 is 1.32 bits per heavy atom. The van der Waals surface area contributed by atoms with E-state index in [-0.39, 0.29) is 18.9 Å². The van der Waals surface area contributed by atoms with Crippen molar-refractivity contribution in [3.05, 3.63) is 29.8 Å². The van der Waals surface area contributed by atoms with Gasteiger partial charge in [-0.15, -0.1) is 0 Å². The fraction of sp³-hybridized carbons (Fsp3) is 0.385. The first kappa shape index (κ1) is 15.1. The molecule has 0 bridgehead atoms. The summed E-state index contributed by atoms with van der Waals surface area (Å²) in [6.07, 6.45) is -0.0753. The van der Waals surface area contributed by atoms with Crippen LogP contribution in [0.15, 0.2) is 24.3 Å². The first-order valence-electron chi connectivity index (χ1n) is 5.79. The van der Waals surface area contributed by atoms with Gasteiger partial charge in [0.05, 0.1) is 19.6 Å². The molecule has 1 aromatic carbocycles. The van der Waals surface area contributed by atoms with E-state index in [4.69, 9.17) is 14.6 Å². The standard InChI is InChI=1S/C13H17NO5/c1-18-5-6-19-9-12(15)14-11-4-2-3-10(7-11)8-13(16)17/h2-4,7H,5-6,8-9H2,1H3,(H,14,15)(H,16,17). The predicted octanol–water partition coefficient (Wildman–Crippen LogP) is 0.915. The quantitative estimate of drug-likeness (QED) is 0.684. The first-order valence-corrected chi connectivity index (χ1v) is 5.79. The number of carbonyl (C=O) groups is 2. The molecule has 6 heteroatoms. The van der Waals surface area contributed by atoms with Crippen LogP contribution in [0.2, 0.25) is 0 Å². The summed E-state index contributed by atoms with van der Waals surface area (Å²) in [4.78, 5) is 22.1. The van der Waals surface area contributed by atoms with Crippen molar-refractivity contribution in [1.82, 2.24) is 0 Å². The van der Waals surface area contributed by atoms with E-state index < -0.39 is 5.97 Å². The number of benzene rings is 1. The number of nitrogens with one attached hydrogen (secondary N) is 1. The highest BCUT2D eigenvalue weighted by molar-refractivity contribution is 5.91. The number of carboxylic acid groups (broad SMARTS) is 1. The fourth-order valence-corrected chi connectivity index (χ4v) is 1.44. The van der Waals surface area contributed by atoms with Crippen LogP contribution in [0.3, 0.4) is 0 Å². The maximum Gasteiger partial charge on any atom is 0.307 e. The van der Waals surface area contributed by atoms with Crippen molar-refractivity contribution in [3.8, 4) is 0 Å². The van der Waals surface area contributed by atoms with Gasteiger partial charge in [-0.3, -0.25) is 9.59 Å². The van der Waals surface area contributed by atoms with Crippen molar-refractivity contribution in [2.75, 3.05) is 32.2 Å². The third kappa shape index (κ3) is 6.54. The normalized spacial score (nSPS) is 10.2. The van der Waals surface area contributed by atoms with E-state index in [1.165, 1.54) is 0 Å². The zero-order valence-electron chi connectivity index (χ0n) is 10.7. The molecule has 0 aliphatic carbocycles. The van der Waals surface area contributed by atoms with Crippen molar-refractivity contribution < 1.29 is 24.2 Å². The Hall–Kier alpha value is -1.92. The highest BCUT2D eigenvalue weighted by atomic mass is 16.5. The minimum Gasteiger partial charge on any atom is -0.481 e. The number of methoxy groups -OCH3 is 1. The van der Waals surface area contributed by atoms with E-state index in [0.717, 1.165) is 0 Å². The average molecular weight is 267 g/mol. The fourth-order valence-electron chi connectivity index (χ4n) is 1.44. The molecule has 0 aromatic heterocycles. The number of hydrogen-bond acceptors (Lipinski definition) is 4. The molecule has 19 heavy (non-hydrogen) atoms. The summed E-state index contributed by atoms with van der Waals surface area (Å²) in [7, 11) is 1.55. The zero-order valence-corrected chi connectivity index (χ0v) is 10.7. The minimum absolute atomic E-state index is 0.0630. The third-order valence-electron chi connectivity index (χ3n) is 2.23. The van der Waals surface area contributed by atoms with Gasteiger partial charge in [0, 0.05) is 12.8 Å². The lowest BCUT2D eigenvalue weighted by Crippen LogP contribution is -2.19. The Morgan fingerprint density at radius 3 is 2.79 bits per heavy atom. The van der Waals surface area contributed by atoms with Gasteiger partial charge in [-0.1, -0.05) is 12.1 Å². The topological polar surface area (TPSA) is 84.9 Å². The van der Waals surface area contributed by atoms with Gasteiger partial charge >= 0.3 is 5.97 Å². The lowest BCUT2D eigenvalue weighted by Gasteiger charge is -2.07. The Bertz CT molecular complexity index is 433. The van der Waals surface area contributed by atoms with Crippen LogP contribution in [0.4, 0.5) is 5.69 Å². The average Bonchev–Trinajstić information content (AvgIpc) is 2.34. The van der Waals surface area contributed by atoms with Gasteiger partial charge in [0.15, 0.2) is 0 Å². The van der Waals surface area contributed by atoms with E-state index in [0.29, 0.717) is 24.5 Å². The molecule has 0 fully saturated rings. The van der Waals surface area contributed by atoms with E-state index in [1.807, 2.05) is 0 Å². The Morgan fingerprint density at radius 2 is 2.11 bits per heavy atom. The van der Waals surface area contributed by atoms with Gasteiger partial charge in [-0.25, -0.2) is 0 Å². The monoisotopic (exact) mass is 267 g/mol. The largest absolute Gasteiger partial charge is 0.481 e. The highest BCUT2D eigenvalue weighted by Gasteiger charge is 2.05. The summed E-state index contributed by atoms with van der Waals surface area (Å²) in [5.74, 6) is -1.20. The van der Waals surface area contributed by atoms with Gasteiger partial charge in [-0.05, 0) is 17.7 Å². The summed E-state index contributed by atoms with van der Waals surface area (Å²) in [5, 5.41) is 11.3. The Kier molecular flexibility index (Phi) is 6.56. The molecular weight excluding hydrogens is 250 g/mol. The number of anilines is 1. The van der Waals surface area contributed by atoms with Crippen molar-refractivity contribution >= 4 is 17.6 Å². The van der Waals surface area contributed by atoms with Crippen LogP contribution in [-0.2, 0) is 25.5 Å². The van der Waals surface area contributed by atoms with E-state index >= 15 is 0 Å². The molecular formula is C13H17NO5. The molecule has 0 radical (unpaired) electrons. The predicted molar refractivity (Wildman–Crippen MR) is 69.1 cm³/mol. The molecule has 1 rings (SSSR count). The molecule has 0 aliphatic rings. The minimum atomic E-state index is -0.911. The molecule has 0 spiro atoms. The van der Waals surface area contributed by atoms with Gasteiger partial charge in [0.25, 0.3) is 0 Å². The summed E-state index contributed by atoms with van der Waals surface area (Å²) in [6, 6.07) is 6.71. The Balaban J connectivity index is 2.43. The number of aliphatic carboxylic acids is 1. The number of rotatable bonds is 8. The SMILES string of the molecule is COCCOCC(=O)Nc1cccc(CC(=O)O)c1. The van der Waals surface area contributed by atoms with Gasteiger partial charge in [-0.2, -0.15) is 0 Å². The Labute approximate surface area is 111 Å². The number of ether oxygens (including phenoxy) is 2. The molecule has 0 saturated carbocycles. The maximum absolute atomic E-state index is 11.5. The molecule has 1 amide bonds. The van der Waals surface area contributed by atoms with Crippen molar-refractivity contribution in [2.24, 2.45) is 0 Å². The summed E-state index contributed by atoms with van der Waals surface area (Å²) in [6.45, 7) is 0.719. The lowest BCUT2D eigenvalue weighted by atomic mass is 10.1. The molecule has 0 unspecified atom stereocenters. The number of carbonyl (C=O) groups excluding carboxylic acids is 1. The van der Waals surface area contributed by atoms with Crippen molar-refractivity contribution in [3.63, 3.8) is 0 Å². The number of carboxylic acids is 1. The molecule has 0 atom stereocenters. The van der Waals surface area contributed by atoms with Crippen LogP contribution in [-0.4, -0.2) is 43.9 Å². The van der Waals surface area contributed by atoms with Gasteiger partial charge < -0.3 is 19.9 Å². The van der Waals surface area contributed by atoms with E-state index in [1.54, 1.807) is 31.4 Å². The van der Waals surface area contributed by atoms with Crippen LogP contribution >= 0.6 is 0 Å². The number of amides is 1. The number of hydrogen-bond donors (Lipinski definition) is 2. The van der Waals surface area contributed by atoms with E-state index in [9.17, 15) is 9.59 Å². The second-order valence-electron chi connectivity index (χ2n) is 3.86. The molecule has 1 aromatic rings. The second kappa shape index (κ2) is 8.23. The van der Waals surface area contributed by atoms with Crippen LogP contribution in [0.25, 0.3) is 0 Å². The smallest absolute Gasteiger partial charge is 0.307 e. The molecule has 104 valence electrons.